The van der Waals surface area contributed by atoms with E-state index in [1.807, 2.05) is 24.3 Å². The highest BCUT2D eigenvalue weighted by atomic mass is 16.5. The van der Waals surface area contributed by atoms with Crippen LogP contribution >= 0.6 is 0 Å². The molecule has 0 saturated carbocycles. The number of ether oxygens (including phenoxy) is 1. The molecule has 1 aliphatic rings. The summed E-state index contributed by atoms with van der Waals surface area (Å²) in [5.74, 6) is 7.60. The molecule has 1 aliphatic carbocycles. The Balaban J connectivity index is 1.57. The van der Waals surface area contributed by atoms with Gasteiger partial charge in [0.1, 0.15) is 5.75 Å². The summed E-state index contributed by atoms with van der Waals surface area (Å²) in [6.45, 7) is 2.14. The van der Waals surface area contributed by atoms with E-state index < -0.39 is 0 Å². The predicted molar refractivity (Wildman–Crippen MR) is 126 cm³/mol. The van der Waals surface area contributed by atoms with Crippen LogP contribution in [0.15, 0.2) is 72.8 Å². The molecule has 1 heteroatoms. The second-order valence-electron chi connectivity index (χ2n) is 7.97. The van der Waals surface area contributed by atoms with Crippen LogP contribution in [0.4, 0.5) is 0 Å². The molecular weight excluding hydrogens is 364 g/mol. The molecule has 1 nitrogen and oxygen atoms in total. The molecule has 0 aliphatic heterocycles. The first-order valence-electron chi connectivity index (χ1n) is 10.8. The molecule has 4 rings (SSSR count). The molecule has 3 aromatic carbocycles. The first kappa shape index (κ1) is 20.0. The van der Waals surface area contributed by atoms with Gasteiger partial charge in [0.05, 0.1) is 7.11 Å². The molecule has 0 radical (unpaired) electrons. The van der Waals surface area contributed by atoms with Crippen molar-refractivity contribution < 1.29 is 4.74 Å². The van der Waals surface area contributed by atoms with Gasteiger partial charge in [0.15, 0.2) is 0 Å². The highest BCUT2D eigenvalue weighted by Gasteiger charge is 2.12. The molecule has 3 aromatic rings. The third kappa shape index (κ3) is 5.02. The molecule has 0 spiro atoms. The summed E-state index contributed by atoms with van der Waals surface area (Å²) in [6.07, 6.45) is 8.07. The minimum absolute atomic E-state index is 0.857. The van der Waals surface area contributed by atoms with Crippen LogP contribution in [-0.2, 0) is 12.8 Å². The molecule has 150 valence electrons. The SMILES string of the molecule is COc1ccc(C#Cc2ccc(CCc3ccc(C)cc3)cc2C2=CCCC2)cc1. The molecule has 30 heavy (non-hydrogen) atoms. The molecule has 0 bridgehead atoms. The Morgan fingerprint density at radius 3 is 2.27 bits per heavy atom. The zero-order chi connectivity index (χ0) is 20.8. The highest BCUT2D eigenvalue weighted by molar-refractivity contribution is 5.73. The zero-order valence-electron chi connectivity index (χ0n) is 17.9. The van der Waals surface area contributed by atoms with Crippen LogP contribution in [0.3, 0.4) is 0 Å². The van der Waals surface area contributed by atoms with Crippen molar-refractivity contribution in [1.82, 2.24) is 0 Å². The maximum absolute atomic E-state index is 5.24. The summed E-state index contributed by atoms with van der Waals surface area (Å²) in [6, 6.07) is 23.6. The molecule has 0 amide bonds. The van der Waals surface area contributed by atoms with E-state index in [0.29, 0.717) is 0 Å². The van der Waals surface area contributed by atoms with Gasteiger partial charge >= 0.3 is 0 Å². The Labute approximate surface area is 180 Å². The highest BCUT2D eigenvalue weighted by Crippen LogP contribution is 2.31. The third-order valence-electron chi connectivity index (χ3n) is 5.73. The van der Waals surface area contributed by atoms with Crippen molar-refractivity contribution in [2.75, 3.05) is 7.11 Å². The summed E-state index contributed by atoms with van der Waals surface area (Å²) in [7, 11) is 1.68. The maximum Gasteiger partial charge on any atom is 0.118 e. The fourth-order valence-corrected chi connectivity index (χ4v) is 3.89. The topological polar surface area (TPSA) is 9.23 Å². The molecular formula is C29H28O. The van der Waals surface area contributed by atoms with Gasteiger partial charge in [-0.15, -0.1) is 0 Å². The van der Waals surface area contributed by atoms with Gasteiger partial charge in [-0.05, 0) is 91.6 Å². The first-order valence-corrected chi connectivity index (χ1v) is 10.8. The summed E-state index contributed by atoms with van der Waals surface area (Å²) in [5, 5.41) is 0. The average Bonchev–Trinajstić information content (AvgIpc) is 3.33. The maximum atomic E-state index is 5.24. The summed E-state index contributed by atoms with van der Waals surface area (Å²) < 4.78 is 5.24. The Hall–Kier alpha value is -3.24. The van der Waals surface area contributed by atoms with Crippen LogP contribution in [0.1, 0.15) is 52.6 Å². The van der Waals surface area contributed by atoms with Gasteiger partial charge in [-0.3, -0.25) is 0 Å². The summed E-state index contributed by atoms with van der Waals surface area (Å²) >= 11 is 0. The van der Waals surface area contributed by atoms with Gasteiger partial charge in [0, 0.05) is 11.1 Å². The summed E-state index contributed by atoms with van der Waals surface area (Å²) in [4.78, 5) is 0. The molecule has 0 unspecified atom stereocenters. The van der Waals surface area contributed by atoms with Crippen LogP contribution in [-0.4, -0.2) is 7.11 Å². The summed E-state index contributed by atoms with van der Waals surface area (Å²) in [5.41, 5.74) is 8.98. The predicted octanol–water partition coefficient (Wildman–Crippen LogP) is 6.76. The standard InChI is InChI=1S/C29H28O/c1-22-7-9-23(10-8-22)11-12-25-14-18-27(29(21-25)26-5-3-4-6-26)17-13-24-15-19-28(30-2)20-16-24/h5,7-10,14-16,18-21H,3-4,6,11-12H2,1-2H3. The second-order valence-corrected chi connectivity index (χ2v) is 7.97. The van der Waals surface area contributed by atoms with Crippen LogP contribution in [0.5, 0.6) is 5.75 Å². The van der Waals surface area contributed by atoms with E-state index >= 15 is 0 Å². The molecule has 0 heterocycles. The van der Waals surface area contributed by atoms with Gasteiger partial charge in [0.25, 0.3) is 0 Å². The largest absolute Gasteiger partial charge is 0.497 e. The molecule has 0 N–H and O–H groups in total. The number of hydrogen-bond acceptors (Lipinski definition) is 1. The molecule has 0 atom stereocenters. The molecule has 0 saturated heterocycles. The Bertz CT molecular complexity index is 1090. The Morgan fingerprint density at radius 1 is 0.833 bits per heavy atom. The van der Waals surface area contributed by atoms with E-state index in [1.165, 1.54) is 40.7 Å². The van der Waals surface area contributed by atoms with Crippen molar-refractivity contribution >= 4 is 5.57 Å². The normalized spacial score (nSPS) is 12.8. The lowest BCUT2D eigenvalue weighted by Crippen LogP contribution is -1.95. The van der Waals surface area contributed by atoms with Gasteiger partial charge < -0.3 is 4.74 Å². The lowest BCUT2D eigenvalue weighted by Gasteiger charge is -2.10. The van der Waals surface area contributed by atoms with Crippen molar-refractivity contribution in [3.8, 4) is 17.6 Å². The van der Waals surface area contributed by atoms with E-state index in [0.717, 1.165) is 36.1 Å². The second kappa shape index (κ2) is 9.51. The van der Waals surface area contributed by atoms with E-state index in [-0.39, 0.29) is 0 Å². The van der Waals surface area contributed by atoms with Crippen molar-refractivity contribution in [3.05, 3.63) is 106 Å². The molecule has 0 aromatic heterocycles. The van der Waals surface area contributed by atoms with Gasteiger partial charge in [-0.25, -0.2) is 0 Å². The van der Waals surface area contributed by atoms with Crippen molar-refractivity contribution in [2.24, 2.45) is 0 Å². The number of aryl methyl sites for hydroxylation is 3. The van der Waals surface area contributed by atoms with Crippen molar-refractivity contribution in [1.29, 1.82) is 0 Å². The monoisotopic (exact) mass is 392 g/mol. The van der Waals surface area contributed by atoms with Crippen LogP contribution in [0, 0.1) is 18.8 Å². The number of benzene rings is 3. The first-order chi connectivity index (χ1) is 14.7. The van der Waals surface area contributed by atoms with Gasteiger partial charge in [0.2, 0.25) is 0 Å². The number of allylic oxidation sites excluding steroid dienone is 2. The lowest BCUT2D eigenvalue weighted by molar-refractivity contribution is 0.415. The van der Waals surface area contributed by atoms with E-state index in [2.05, 4.69) is 67.3 Å². The molecule has 0 fully saturated rings. The minimum atomic E-state index is 0.857. The van der Waals surface area contributed by atoms with Crippen molar-refractivity contribution in [3.63, 3.8) is 0 Å². The number of methoxy groups -OCH3 is 1. The number of hydrogen-bond donors (Lipinski definition) is 0. The number of rotatable bonds is 5. The average molecular weight is 393 g/mol. The minimum Gasteiger partial charge on any atom is -0.497 e. The smallest absolute Gasteiger partial charge is 0.118 e. The van der Waals surface area contributed by atoms with Crippen molar-refractivity contribution in [2.45, 2.75) is 39.0 Å². The quantitative estimate of drug-likeness (QED) is 0.436. The zero-order valence-corrected chi connectivity index (χ0v) is 17.9. The van der Waals surface area contributed by atoms with E-state index in [9.17, 15) is 0 Å². The Morgan fingerprint density at radius 2 is 1.57 bits per heavy atom. The Kier molecular flexibility index (Phi) is 6.35. The lowest BCUT2D eigenvalue weighted by atomic mass is 9.94. The third-order valence-corrected chi connectivity index (χ3v) is 5.73. The van der Waals surface area contributed by atoms with Gasteiger partial charge in [-0.1, -0.05) is 59.9 Å². The van der Waals surface area contributed by atoms with Crippen LogP contribution in [0.25, 0.3) is 5.57 Å². The fourth-order valence-electron chi connectivity index (χ4n) is 3.89. The van der Waals surface area contributed by atoms with E-state index in [4.69, 9.17) is 4.74 Å². The fraction of sp³-hybridized carbons (Fsp3) is 0.241. The van der Waals surface area contributed by atoms with Crippen LogP contribution < -0.4 is 4.74 Å². The van der Waals surface area contributed by atoms with E-state index in [1.54, 1.807) is 7.11 Å². The van der Waals surface area contributed by atoms with Crippen LogP contribution in [0.2, 0.25) is 0 Å². The van der Waals surface area contributed by atoms with Gasteiger partial charge in [-0.2, -0.15) is 0 Å².